The van der Waals surface area contributed by atoms with Crippen LogP contribution in [-0.4, -0.2) is 49.8 Å². The van der Waals surface area contributed by atoms with E-state index in [0.717, 1.165) is 28.4 Å². The van der Waals surface area contributed by atoms with E-state index in [1.165, 1.54) is 0 Å². The molecule has 1 atom stereocenters. The standard InChI is InChI=1S/C26H28N4O3/c1-29(2)23(22-13-5-9-18-8-3-4-12-21(18)22)17-27-25(32)26(33)28-19-10-6-11-20(16-19)30-15-7-14-24(30)31/h3-6,8-13,16,23H,7,14-15,17H2,1-2H3,(H,27,32)(H,28,33). The summed E-state index contributed by atoms with van der Waals surface area (Å²) < 4.78 is 0. The molecular formula is C26H28N4O3. The van der Waals surface area contributed by atoms with Gasteiger partial charge in [0.05, 0.1) is 6.04 Å². The molecule has 1 saturated heterocycles. The molecular weight excluding hydrogens is 416 g/mol. The second-order valence-corrected chi connectivity index (χ2v) is 8.41. The number of likely N-dealkylation sites (N-methyl/N-ethyl adjacent to an activating group) is 1. The van der Waals surface area contributed by atoms with Gasteiger partial charge >= 0.3 is 11.8 Å². The fourth-order valence-corrected chi connectivity index (χ4v) is 4.24. The van der Waals surface area contributed by atoms with Gasteiger partial charge in [-0.25, -0.2) is 0 Å². The lowest BCUT2D eigenvalue weighted by atomic mass is 9.98. The van der Waals surface area contributed by atoms with E-state index in [-0.39, 0.29) is 18.5 Å². The molecule has 0 radical (unpaired) electrons. The maximum atomic E-state index is 12.6. The highest BCUT2D eigenvalue weighted by Crippen LogP contribution is 2.27. The molecule has 1 unspecified atom stereocenters. The predicted octanol–water partition coefficient (Wildman–Crippen LogP) is 3.32. The van der Waals surface area contributed by atoms with Crippen molar-refractivity contribution in [3.05, 3.63) is 72.3 Å². The molecule has 3 amide bonds. The van der Waals surface area contributed by atoms with Gasteiger partial charge in [-0.15, -0.1) is 0 Å². The van der Waals surface area contributed by atoms with E-state index in [1.54, 1.807) is 23.1 Å². The van der Waals surface area contributed by atoms with Crippen LogP contribution in [0, 0.1) is 0 Å². The van der Waals surface area contributed by atoms with Gasteiger partial charge in [0.2, 0.25) is 5.91 Å². The first-order valence-corrected chi connectivity index (χ1v) is 11.1. The molecule has 3 aromatic rings. The fourth-order valence-electron chi connectivity index (χ4n) is 4.24. The van der Waals surface area contributed by atoms with Crippen molar-refractivity contribution in [2.75, 3.05) is 37.4 Å². The van der Waals surface area contributed by atoms with Crippen molar-refractivity contribution in [2.45, 2.75) is 18.9 Å². The summed E-state index contributed by atoms with van der Waals surface area (Å²) in [6, 6.07) is 21.1. The number of nitrogens with one attached hydrogen (secondary N) is 2. The van der Waals surface area contributed by atoms with E-state index in [1.807, 2.05) is 49.3 Å². The smallest absolute Gasteiger partial charge is 0.313 e. The molecule has 7 nitrogen and oxygen atoms in total. The van der Waals surface area contributed by atoms with Crippen LogP contribution in [0.5, 0.6) is 0 Å². The zero-order chi connectivity index (χ0) is 23.4. The SMILES string of the molecule is CN(C)C(CNC(=O)C(=O)Nc1cccc(N2CCCC2=O)c1)c1cccc2ccccc12. The van der Waals surface area contributed by atoms with Crippen LogP contribution in [0.4, 0.5) is 11.4 Å². The Labute approximate surface area is 193 Å². The summed E-state index contributed by atoms with van der Waals surface area (Å²) in [7, 11) is 3.90. The first-order chi connectivity index (χ1) is 15.9. The normalized spacial score (nSPS) is 14.5. The van der Waals surface area contributed by atoms with Crippen molar-refractivity contribution < 1.29 is 14.4 Å². The summed E-state index contributed by atoms with van der Waals surface area (Å²) in [4.78, 5) is 40.8. The predicted molar refractivity (Wildman–Crippen MR) is 130 cm³/mol. The third-order valence-electron chi connectivity index (χ3n) is 5.96. The minimum Gasteiger partial charge on any atom is -0.346 e. The average Bonchev–Trinajstić information content (AvgIpc) is 3.25. The Morgan fingerprint density at radius 2 is 1.76 bits per heavy atom. The van der Waals surface area contributed by atoms with Crippen LogP contribution in [0.15, 0.2) is 66.7 Å². The highest BCUT2D eigenvalue weighted by Gasteiger charge is 2.23. The van der Waals surface area contributed by atoms with Crippen LogP contribution in [0.25, 0.3) is 10.8 Å². The van der Waals surface area contributed by atoms with Crippen molar-refractivity contribution in [1.82, 2.24) is 10.2 Å². The quantitative estimate of drug-likeness (QED) is 0.572. The number of nitrogens with zero attached hydrogens (tertiary/aromatic N) is 2. The van der Waals surface area contributed by atoms with Crippen LogP contribution >= 0.6 is 0 Å². The number of hydrogen-bond donors (Lipinski definition) is 2. The number of amides is 3. The zero-order valence-electron chi connectivity index (χ0n) is 18.9. The molecule has 1 fully saturated rings. The van der Waals surface area contributed by atoms with Gasteiger partial charge in [-0.1, -0.05) is 48.5 Å². The Morgan fingerprint density at radius 1 is 1.00 bits per heavy atom. The van der Waals surface area contributed by atoms with Gasteiger partial charge in [0.15, 0.2) is 0 Å². The Bertz CT molecular complexity index is 1190. The fraction of sp³-hybridized carbons (Fsp3) is 0.269. The van der Waals surface area contributed by atoms with Gasteiger partial charge < -0.3 is 20.4 Å². The largest absolute Gasteiger partial charge is 0.346 e. The van der Waals surface area contributed by atoms with Crippen molar-refractivity contribution >= 4 is 39.9 Å². The summed E-state index contributed by atoms with van der Waals surface area (Å²) in [5.41, 5.74) is 2.28. The van der Waals surface area contributed by atoms with Crippen molar-refractivity contribution in [3.8, 4) is 0 Å². The molecule has 3 aromatic carbocycles. The van der Waals surface area contributed by atoms with Crippen LogP contribution in [0.1, 0.15) is 24.4 Å². The minimum absolute atomic E-state index is 0.0689. The molecule has 0 bridgehead atoms. The number of carbonyl (C=O) groups excluding carboxylic acids is 3. The summed E-state index contributed by atoms with van der Waals surface area (Å²) in [5.74, 6) is -1.38. The highest BCUT2D eigenvalue weighted by atomic mass is 16.2. The Balaban J connectivity index is 1.42. The molecule has 0 spiro atoms. The van der Waals surface area contributed by atoms with Crippen LogP contribution < -0.4 is 15.5 Å². The zero-order valence-corrected chi connectivity index (χ0v) is 18.9. The third-order valence-corrected chi connectivity index (χ3v) is 5.96. The number of rotatable bonds is 6. The number of hydrogen-bond acceptors (Lipinski definition) is 4. The molecule has 1 aliphatic rings. The van der Waals surface area contributed by atoms with E-state index in [0.29, 0.717) is 18.7 Å². The number of benzene rings is 3. The number of carbonyl (C=O) groups is 3. The van der Waals surface area contributed by atoms with Crippen molar-refractivity contribution in [1.29, 1.82) is 0 Å². The van der Waals surface area contributed by atoms with E-state index in [4.69, 9.17) is 0 Å². The maximum Gasteiger partial charge on any atom is 0.313 e. The molecule has 170 valence electrons. The second-order valence-electron chi connectivity index (χ2n) is 8.41. The van der Waals surface area contributed by atoms with Crippen molar-refractivity contribution in [2.24, 2.45) is 0 Å². The maximum absolute atomic E-state index is 12.6. The molecule has 7 heteroatoms. The van der Waals surface area contributed by atoms with Crippen LogP contribution in [0.2, 0.25) is 0 Å². The van der Waals surface area contributed by atoms with Gasteiger partial charge in [-0.3, -0.25) is 14.4 Å². The molecule has 33 heavy (non-hydrogen) atoms. The monoisotopic (exact) mass is 444 g/mol. The van der Waals surface area contributed by atoms with Crippen LogP contribution in [-0.2, 0) is 14.4 Å². The van der Waals surface area contributed by atoms with Gasteiger partial charge in [0.1, 0.15) is 0 Å². The minimum atomic E-state index is -0.740. The van der Waals surface area contributed by atoms with E-state index in [9.17, 15) is 14.4 Å². The first-order valence-electron chi connectivity index (χ1n) is 11.1. The molecule has 1 heterocycles. The van der Waals surface area contributed by atoms with Gasteiger partial charge in [0.25, 0.3) is 0 Å². The Hall–Kier alpha value is -3.71. The Morgan fingerprint density at radius 3 is 2.52 bits per heavy atom. The summed E-state index contributed by atoms with van der Waals surface area (Å²) >= 11 is 0. The lowest BCUT2D eigenvalue weighted by molar-refractivity contribution is -0.136. The van der Waals surface area contributed by atoms with E-state index >= 15 is 0 Å². The third kappa shape index (κ3) is 5.04. The van der Waals surface area contributed by atoms with Gasteiger partial charge in [-0.2, -0.15) is 0 Å². The highest BCUT2D eigenvalue weighted by molar-refractivity contribution is 6.39. The molecule has 0 saturated carbocycles. The first kappa shape index (κ1) is 22.5. The summed E-state index contributed by atoms with van der Waals surface area (Å²) in [6.45, 7) is 0.951. The molecule has 1 aliphatic heterocycles. The topological polar surface area (TPSA) is 81.8 Å². The summed E-state index contributed by atoms with van der Waals surface area (Å²) in [6.07, 6.45) is 1.35. The van der Waals surface area contributed by atoms with Crippen molar-refractivity contribution in [3.63, 3.8) is 0 Å². The number of fused-ring (bicyclic) bond motifs is 1. The molecule has 4 rings (SSSR count). The van der Waals surface area contributed by atoms with E-state index < -0.39 is 11.8 Å². The second kappa shape index (κ2) is 9.83. The summed E-state index contributed by atoms with van der Waals surface area (Å²) in [5, 5.41) is 7.65. The molecule has 2 N–H and O–H groups in total. The molecule has 0 aromatic heterocycles. The Kier molecular flexibility index (Phi) is 6.70. The van der Waals surface area contributed by atoms with Gasteiger partial charge in [-0.05, 0) is 55.1 Å². The molecule has 0 aliphatic carbocycles. The average molecular weight is 445 g/mol. The van der Waals surface area contributed by atoms with Crippen LogP contribution in [0.3, 0.4) is 0 Å². The lowest BCUT2D eigenvalue weighted by Gasteiger charge is -2.26. The van der Waals surface area contributed by atoms with Gasteiger partial charge in [0, 0.05) is 30.9 Å². The number of anilines is 2. The lowest BCUT2D eigenvalue weighted by Crippen LogP contribution is -2.40. The van der Waals surface area contributed by atoms with E-state index in [2.05, 4.69) is 28.8 Å².